The molecule has 1 fully saturated rings. The summed E-state index contributed by atoms with van der Waals surface area (Å²) in [5.74, 6) is -0.626. The van der Waals surface area contributed by atoms with Gasteiger partial charge in [0.25, 0.3) is 5.91 Å². The van der Waals surface area contributed by atoms with E-state index in [-0.39, 0.29) is 17.7 Å². The van der Waals surface area contributed by atoms with Crippen LogP contribution in [-0.4, -0.2) is 45.6 Å². The van der Waals surface area contributed by atoms with E-state index in [1.165, 1.54) is 11.3 Å². The summed E-state index contributed by atoms with van der Waals surface area (Å²) in [6.07, 6.45) is 2.57. The maximum atomic E-state index is 12.6. The van der Waals surface area contributed by atoms with Gasteiger partial charge in [-0.25, -0.2) is 4.98 Å². The Bertz CT molecular complexity index is 969. The maximum absolute atomic E-state index is 12.6. The highest BCUT2D eigenvalue weighted by molar-refractivity contribution is 7.07. The first-order valence-corrected chi connectivity index (χ1v) is 10.3. The minimum Gasteiger partial charge on any atom is -0.391 e. The molecule has 2 amide bonds. The second kappa shape index (κ2) is 8.12. The fourth-order valence-corrected chi connectivity index (χ4v) is 4.24. The molecule has 1 aliphatic carbocycles. The Morgan fingerprint density at radius 1 is 1.29 bits per heavy atom. The molecule has 28 heavy (non-hydrogen) atoms. The van der Waals surface area contributed by atoms with Gasteiger partial charge >= 0.3 is 0 Å². The molecule has 4 N–H and O–H groups in total. The summed E-state index contributed by atoms with van der Waals surface area (Å²) in [7, 11) is 0. The van der Waals surface area contributed by atoms with Gasteiger partial charge in [-0.3, -0.25) is 9.59 Å². The Balaban J connectivity index is 1.30. The van der Waals surface area contributed by atoms with Gasteiger partial charge in [-0.05, 0) is 37.1 Å². The predicted molar refractivity (Wildman–Crippen MR) is 107 cm³/mol. The highest BCUT2D eigenvalue weighted by atomic mass is 32.1. The quantitative estimate of drug-likeness (QED) is 0.508. The van der Waals surface area contributed by atoms with Gasteiger partial charge in [0.15, 0.2) is 0 Å². The number of H-pyrrole nitrogens is 1. The second-order valence-corrected chi connectivity index (χ2v) is 7.83. The molecule has 0 bridgehead atoms. The lowest BCUT2D eigenvalue weighted by Gasteiger charge is -2.16. The second-order valence-electron chi connectivity index (χ2n) is 7.12. The van der Waals surface area contributed by atoms with Crippen LogP contribution >= 0.6 is 11.3 Å². The van der Waals surface area contributed by atoms with E-state index in [2.05, 4.69) is 20.6 Å². The highest BCUT2D eigenvalue weighted by Crippen LogP contribution is 2.27. The fourth-order valence-electron chi connectivity index (χ4n) is 3.65. The van der Waals surface area contributed by atoms with E-state index < -0.39 is 12.1 Å². The van der Waals surface area contributed by atoms with Gasteiger partial charge in [-0.1, -0.05) is 0 Å². The van der Waals surface area contributed by atoms with Crippen LogP contribution in [0.1, 0.15) is 28.9 Å². The minimum atomic E-state index is -0.728. The number of carbonyl (C=O) groups is 2. The van der Waals surface area contributed by atoms with Crippen molar-refractivity contribution in [2.75, 3.05) is 6.54 Å². The van der Waals surface area contributed by atoms with Crippen molar-refractivity contribution in [3.63, 3.8) is 0 Å². The summed E-state index contributed by atoms with van der Waals surface area (Å²) in [6.45, 7) is 0.517. The first-order chi connectivity index (χ1) is 13.6. The standard InChI is InChI=1S/C20H22N4O3S/c25-18-9-14(19(26)22-6-4-15-10-28-11-23-15)8-17(18)24-20(27)13-1-2-16-12(7-13)3-5-21-16/h1-3,5,7,10-11,14,17-18,21,25H,4,6,8-9H2,(H,22,26)(H,24,27)/t14-,17-,18-/m0/s1. The predicted octanol–water partition coefficient (Wildman–Crippen LogP) is 1.85. The normalized spacial score (nSPS) is 21.7. The molecule has 146 valence electrons. The molecule has 1 aromatic carbocycles. The third-order valence-electron chi connectivity index (χ3n) is 5.20. The zero-order valence-electron chi connectivity index (χ0n) is 15.2. The number of benzene rings is 1. The molecule has 3 aromatic rings. The summed E-state index contributed by atoms with van der Waals surface area (Å²) in [6, 6.07) is 6.89. The number of rotatable bonds is 6. The molecule has 0 saturated heterocycles. The third kappa shape index (κ3) is 4.07. The maximum Gasteiger partial charge on any atom is 0.251 e. The number of carbonyl (C=O) groups excluding carboxylic acids is 2. The van der Waals surface area contributed by atoms with Crippen LogP contribution in [0, 0.1) is 5.92 Å². The van der Waals surface area contributed by atoms with E-state index in [1.54, 1.807) is 11.6 Å². The summed E-state index contributed by atoms with van der Waals surface area (Å²) >= 11 is 1.53. The molecule has 1 aliphatic rings. The number of nitrogens with zero attached hydrogens (tertiary/aromatic N) is 1. The number of nitrogens with one attached hydrogen (secondary N) is 3. The largest absolute Gasteiger partial charge is 0.391 e. The van der Waals surface area contributed by atoms with Crippen molar-refractivity contribution in [3.8, 4) is 0 Å². The molecule has 0 spiro atoms. The number of aromatic amines is 1. The van der Waals surface area contributed by atoms with Crippen LogP contribution in [0.4, 0.5) is 0 Å². The average Bonchev–Trinajstić information content (AvgIpc) is 3.42. The summed E-state index contributed by atoms with van der Waals surface area (Å²) in [5, 5.41) is 19.0. The molecule has 2 heterocycles. The molecular formula is C20H22N4O3S. The van der Waals surface area contributed by atoms with Crippen molar-refractivity contribution < 1.29 is 14.7 Å². The number of amides is 2. The zero-order chi connectivity index (χ0) is 19.5. The van der Waals surface area contributed by atoms with Crippen LogP contribution in [0.3, 0.4) is 0 Å². The number of aliphatic hydroxyl groups is 1. The molecule has 3 atom stereocenters. The van der Waals surface area contributed by atoms with Gasteiger partial charge in [0, 0.05) is 46.9 Å². The van der Waals surface area contributed by atoms with Gasteiger partial charge in [0.1, 0.15) is 0 Å². The van der Waals surface area contributed by atoms with Crippen LogP contribution in [0.25, 0.3) is 10.9 Å². The first-order valence-electron chi connectivity index (χ1n) is 9.31. The van der Waals surface area contributed by atoms with Crippen molar-refractivity contribution in [1.29, 1.82) is 0 Å². The Morgan fingerprint density at radius 3 is 3.00 bits per heavy atom. The van der Waals surface area contributed by atoms with Crippen LogP contribution in [0.2, 0.25) is 0 Å². The van der Waals surface area contributed by atoms with E-state index in [9.17, 15) is 14.7 Å². The van der Waals surface area contributed by atoms with E-state index in [1.807, 2.05) is 29.8 Å². The van der Waals surface area contributed by atoms with Crippen LogP contribution < -0.4 is 10.6 Å². The van der Waals surface area contributed by atoms with Gasteiger partial charge in [-0.15, -0.1) is 11.3 Å². The van der Waals surface area contributed by atoms with Gasteiger partial charge < -0.3 is 20.7 Å². The number of hydrogen-bond donors (Lipinski definition) is 4. The van der Waals surface area contributed by atoms with Crippen molar-refractivity contribution in [2.24, 2.45) is 5.92 Å². The SMILES string of the molecule is O=C(N[C@H]1C[C@H](C(=O)NCCc2cscn2)C[C@@H]1O)c1ccc2[nH]ccc2c1. The van der Waals surface area contributed by atoms with E-state index in [0.717, 1.165) is 16.6 Å². The molecule has 7 nitrogen and oxygen atoms in total. The Kier molecular flexibility index (Phi) is 5.40. The first kappa shape index (κ1) is 18.6. The van der Waals surface area contributed by atoms with Crippen LogP contribution in [0.15, 0.2) is 41.4 Å². The van der Waals surface area contributed by atoms with E-state index >= 15 is 0 Å². The lowest BCUT2D eigenvalue weighted by atomic mass is 10.1. The molecule has 1 saturated carbocycles. The van der Waals surface area contributed by atoms with Crippen molar-refractivity contribution >= 4 is 34.1 Å². The Hall–Kier alpha value is -2.71. The molecule has 2 aromatic heterocycles. The number of thiazole rings is 1. The molecular weight excluding hydrogens is 376 g/mol. The lowest BCUT2D eigenvalue weighted by molar-refractivity contribution is -0.125. The molecule has 0 unspecified atom stereocenters. The van der Waals surface area contributed by atoms with E-state index in [0.29, 0.717) is 31.4 Å². The molecule has 0 aliphatic heterocycles. The van der Waals surface area contributed by atoms with Gasteiger partial charge in [0.05, 0.1) is 23.4 Å². The van der Waals surface area contributed by atoms with E-state index in [4.69, 9.17) is 0 Å². The zero-order valence-corrected chi connectivity index (χ0v) is 16.0. The number of aromatic nitrogens is 2. The van der Waals surface area contributed by atoms with Crippen LogP contribution in [-0.2, 0) is 11.2 Å². The van der Waals surface area contributed by atoms with Crippen molar-refractivity contribution in [2.45, 2.75) is 31.4 Å². The smallest absolute Gasteiger partial charge is 0.251 e. The molecule has 4 rings (SSSR count). The average molecular weight is 398 g/mol. The number of fused-ring (bicyclic) bond motifs is 1. The number of aliphatic hydroxyl groups excluding tert-OH is 1. The van der Waals surface area contributed by atoms with Crippen LogP contribution in [0.5, 0.6) is 0 Å². The molecule has 0 radical (unpaired) electrons. The fraction of sp³-hybridized carbons (Fsp3) is 0.350. The summed E-state index contributed by atoms with van der Waals surface area (Å²) in [4.78, 5) is 32.2. The monoisotopic (exact) mass is 398 g/mol. The topological polar surface area (TPSA) is 107 Å². The summed E-state index contributed by atoms with van der Waals surface area (Å²) in [5.41, 5.74) is 4.23. The van der Waals surface area contributed by atoms with Gasteiger partial charge in [0.2, 0.25) is 5.91 Å². The highest BCUT2D eigenvalue weighted by Gasteiger charge is 2.37. The molecule has 8 heteroatoms. The minimum absolute atomic E-state index is 0.0835. The van der Waals surface area contributed by atoms with Crippen molar-refractivity contribution in [1.82, 2.24) is 20.6 Å². The summed E-state index contributed by atoms with van der Waals surface area (Å²) < 4.78 is 0. The van der Waals surface area contributed by atoms with Gasteiger partial charge in [-0.2, -0.15) is 0 Å². The van der Waals surface area contributed by atoms with Crippen molar-refractivity contribution in [3.05, 3.63) is 52.6 Å². The number of hydrogen-bond acceptors (Lipinski definition) is 5. The third-order valence-corrected chi connectivity index (χ3v) is 5.83. The Morgan fingerprint density at radius 2 is 2.18 bits per heavy atom. The Labute approximate surface area is 166 Å². The lowest BCUT2D eigenvalue weighted by Crippen LogP contribution is -2.40.